The number of imidazole rings is 1. The molecule has 0 fully saturated rings. The quantitative estimate of drug-likeness (QED) is 0.740. The zero-order valence-corrected chi connectivity index (χ0v) is 15.6. The SMILES string of the molecule is Cc1ccc(CC(=O)NS(=O)(=O)c2ccc3c(c2)n(C)c(=O)n3C)s1. The number of nitrogens with one attached hydrogen (secondary N) is 1. The highest BCUT2D eigenvalue weighted by Crippen LogP contribution is 2.19. The maximum absolute atomic E-state index is 12.5. The fourth-order valence-electron chi connectivity index (χ4n) is 2.64. The molecule has 0 aliphatic rings. The molecule has 2 aromatic heterocycles. The molecule has 1 aromatic carbocycles. The summed E-state index contributed by atoms with van der Waals surface area (Å²) in [6.07, 6.45) is 0.00377. The van der Waals surface area contributed by atoms with Crippen molar-refractivity contribution >= 4 is 38.3 Å². The number of nitrogens with zero attached hydrogens (tertiary/aromatic N) is 2. The lowest BCUT2D eigenvalue weighted by atomic mass is 10.3. The Labute approximate surface area is 148 Å². The van der Waals surface area contributed by atoms with Gasteiger partial charge in [0.05, 0.1) is 22.3 Å². The summed E-state index contributed by atoms with van der Waals surface area (Å²) < 4.78 is 29.8. The second kappa shape index (κ2) is 6.16. The van der Waals surface area contributed by atoms with Crippen LogP contribution >= 0.6 is 11.3 Å². The summed E-state index contributed by atoms with van der Waals surface area (Å²) in [6, 6.07) is 8.01. The normalized spacial score (nSPS) is 11.8. The highest BCUT2D eigenvalue weighted by Gasteiger charge is 2.20. The minimum atomic E-state index is -4.00. The predicted molar refractivity (Wildman–Crippen MR) is 96.2 cm³/mol. The molecule has 1 amide bonds. The topological polar surface area (TPSA) is 90.2 Å². The molecule has 0 spiro atoms. The number of rotatable bonds is 4. The van der Waals surface area contributed by atoms with Gasteiger partial charge in [0.25, 0.3) is 10.0 Å². The Morgan fingerprint density at radius 1 is 1.12 bits per heavy atom. The number of thiophene rings is 1. The number of benzene rings is 1. The van der Waals surface area contributed by atoms with Crippen molar-refractivity contribution in [2.45, 2.75) is 18.2 Å². The first kappa shape index (κ1) is 17.4. The van der Waals surface area contributed by atoms with Gasteiger partial charge < -0.3 is 0 Å². The summed E-state index contributed by atoms with van der Waals surface area (Å²) in [5.74, 6) is -0.594. The van der Waals surface area contributed by atoms with Crippen LogP contribution in [0.3, 0.4) is 0 Å². The molecule has 2 heterocycles. The molecular weight excluding hydrogens is 362 g/mol. The number of amides is 1. The van der Waals surface area contributed by atoms with Gasteiger partial charge in [-0.15, -0.1) is 11.3 Å². The van der Waals surface area contributed by atoms with E-state index in [0.29, 0.717) is 11.0 Å². The van der Waals surface area contributed by atoms with E-state index in [1.165, 1.54) is 32.6 Å². The minimum absolute atomic E-state index is 0.00377. The third kappa shape index (κ3) is 3.24. The van der Waals surface area contributed by atoms with Crippen molar-refractivity contribution in [3.05, 3.63) is 50.6 Å². The number of carbonyl (C=O) groups excluding carboxylic acids is 1. The lowest BCUT2D eigenvalue weighted by molar-refractivity contribution is -0.118. The smallest absolute Gasteiger partial charge is 0.295 e. The van der Waals surface area contributed by atoms with Crippen LogP contribution in [-0.4, -0.2) is 23.5 Å². The first-order valence-corrected chi connectivity index (χ1v) is 9.75. The van der Waals surface area contributed by atoms with Gasteiger partial charge in [0.2, 0.25) is 5.91 Å². The van der Waals surface area contributed by atoms with Crippen LogP contribution in [0.25, 0.3) is 11.0 Å². The fraction of sp³-hybridized carbons (Fsp3) is 0.250. The fourth-order valence-corrected chi connectivity index (χ4v) is 4.53. The average Bonchev–Trinajstić information content (AvgIpc) is 3.04. The van der Waals surface area contributed by atoms with E-state index in [2.05, 4.69) is 4.72 Å². The Balaban J connectivity index is 1.89. The first-order valence-electron chi connectivity index (χ1n) is 7.45. The van der Waals surface area contributed by atoms with Gasteiger partial charge in [0, 0.05) is 23.8 Å². The molecule has 0 bridgehead atoms. The Kier molecular flexibility index (Phi) is 4.29. The van der Waals surface area contributed by atoms with E-state index in [9.17, 15) is 18.0 Å². The van der Waals surface area contributed by atoms with Crippen LogP contribution in [0.4, 0.5) is 0 Å². The van der Waals surface area contributed by atoms with E-state index in [1.54, 1.807) is 26.2 Å². The van der Waals surface area contributed by atoms with Crippen LogP contribution in [0.15, 0.2) is 40.0 Å². The third-order valence-corrected chi connectivity index (χ3v) is 6.30. The summed E-state index contributed by atoms with van der Waals surface area (Å²) in [7, 11) is -0.821. The van der Waals surface area contributed by atoms with E-state index < -0.39 is 15.9 Å². The van der Waals surface area contributed by atoms with Gasteiger partial charge in [-0.2, -0.15) is 0 Å². The Bertz CT molecular complexity index is 1140. The molecule has 3 rings (SSSR count). The molecule has 0 unspecified atom stereocenters. The van der Waals surface area contributed by atoms with E-state index in [-0.39, 0.29) is 17.0 Å². The average molecular weight is 379 g/mol. The molecular formula is C16H17N3O4S2. The lowest BCUT2D eigenvalue weighted by Gasteiger charge is -2.07. The molecule has 0 aliphatic heterocycles. The van der Waals surface area contributed by atoms with Crippen molar-refractivity contribution in [2.75, 3.05) is 0 Å². The molecule has 25 heavy (non-hydrogen) atoms. The van der Waals surface area contributed by atoms with Crippen molar-refractivity contribution in [3.63, 3.8) is 0 Å². The zero-order valence-electron chi connectivity index (χ0n) is 13.9. The Morgan fingerprint density at radius 3 is 2.44 bits per heavy atom. The second-order valence-corrected chi connectivity index (χ2v) is 8.82. The van der Waals surface area contributed by atoms with Gasteiger partial charge in [-0.05, 0) is 37.3 Å². The second-order valence-electron chi connectivity index (χ2n) is 5.77. The van der Waals surface area contributed by atoms with Gasteiger partial charge in [0.15, 0.2) is 0 Å². The van der Waals surface area contributed by atoms with Gasteiger partial charge >= 0.3 is 5.69 Å². The molecule has 0 atom stereocenters. The highest BCUT2D eigenvalue weighted by atomic mass is 32.2. The zero-order chi connectivity index (χ0) is 18.4. The van der Waals surface area contributed by atoms with Crippen LogP contribution in [0.1, 0.15) is 9.75 Å². The highest BCUT2D eigenvalue weighted by molar-refractivity contribution is 7.90. The maximum atomic E-state index is 12.5. The van der Waals surface area contributed by atoms with Crippen LogP contribution < -0.4 is 10.4 Å². The first-order chi connectivity index (χ1) is 11.7. The predicted octanol–water partition coefficient (Wildman–Crippen LogP) is 1.29. The van der Waals surface area contributed by atoms with Crippen molar-refractivity contribution in [1.29, 1.82) is 0 Å². The van der Waals surface area contributed by atoms with E-state index in [4.69, 9.17) is 0 Å². The molecule has 132 valence electrons. The number of sulfonamides is 1. The Morgan fingerprint density at radius 2 is 1.80 bits per heavy atom. The number of carbonyl (C=O) groups is 1. The van der Waals surface area contributed by atoms with Gasteiger partial charge in [-0.3, -0.25) is 13.9 Å². The number of hydrogen-bond acceptors (Lipinski definition) is 5. The summed E-state index contributed by atoms with van der Waals surface area (Å²) in [5.41, 5.74) is 0.852. The van der Waals surface area contributed by atoms with Crippen LogP contribution in [0.5, 0.6) is 0 Å². The van der Waals surface area contributed by atoms with Gasteiger partial charge in [-0.25, -0.2) is 17.9 Å². The molecule has 0 aliphatic carbocycles. The number of fused-ring (bicyclic) bond motifs is 1. The molecule has 0 radical (unpaired) electrons. The Hall–Kier alpha value is -2.39. The molecule has 0 saturated carbocycles. The largest absolute Gasteiger partial charge is 0.328 e. The summed E-state index contributed by atoms with van der Waals surface area (Å²) in [4.78, 5) is 25.8. The molecule has 1 N–H and O–H groups in total. The number of hydrogen-bond donors (Lipinski definition) is 1. The maximum Gasteiger partial charge on any atom is 0.328 e. The monoisotopic (exact) mass is 379 g/mol. The van der Waals surface area contributed by atoms with Gasteiger partial charge in [-0.1, -0.05) is 0 Å². The molecule has 3 aromatic rings. The van der Waals surface area contributed by atoms with Crippen LogP contribution in [-0.2, 0) is 35.3 Å². The molecule has 7 nitrogen and oxygen atoms in total. The summed E-state index contributed by atoms with van der Waals surface area (Å²) in [6.45, 7) is 1.92. The third-order valence-electron chi connectivity index (χ3n) is 3.93. The van der Waals surface area contributed by atoms with Crippen molar-refractivity contribution in [1.82, 2.24) is 13.9 Å². The standard InChI is InChI=1S/C16H17N3O4S2/c1-10-4-5-11(24-10)8-15(20)17-25(22,23)12-6-7-13-14(9-12)19(3)16(21)18(13)2/h4-7,9H,8H2,1-3H3,(H,17,20). The number of aryl methyl sites for hydroxylation is 3. The minimum Gasteiger partial charge on any atom is -0.295 e. The molecule has 0 saturated heterocycles. The van der Waals surface area contributed by atoms with Crippen LogP contribution in [0.2, 0.25) is 0 Å². The lowest BCUT2D eigenvalue weighted by Crippen LogP contribution is -2.31. The summed E-state index contributed by atoms with van der Waals surface area (Å²) >= 11 is 1.45. The van der Waals surface area contributed by atoms with Crippen molar-refractivity contribution in [2.24, 2.45) is 14.1 Å². The van der Waals surface area contributed by atoms with Crippen LogP contribution in [0, 0.1) is 6.92 Å². The van der Waals surface area contributed by atoms with Crippen molar-refractivity contribution in [3.8, 4) is 0 Å². The summed E-state index contributed by atoms with van der Waals surface area (Å²) in [5, 5.41) is 0. The van der Waals surface area contributed by atoms with E-state index in [1.807, 2.05) is 13.0 Å². The van der Waals surface area contributed by atoms with E-state index in [0.717, 1.165) is 9.75 Å². The van der Waals surface area contributed by atoms with Gasteiger partial charge in [0.1, 0.15) is 0 Å². The van der Waals surface area contributed by atoms with Crippen molar-refractivity contribution < 1.29 is 13.2 Å². The van der Waals surface area contributed by atoms with E-state index >= 15 is 0 Å². The number of aromatic nitrogens is 2. The molecule has 9 heteroatoms.